The lowest BCUT2D eigenvalue weighted by atomic mass is 9.89. The van der Waals surface area contributed by atoms with Crippen LogP contribution in [0.1, 0.15) is 23.1 Å². The summed E-state index contributed by atoms with van der Waals surface area (Å²) in [4.78, 5) is 0. The van der Waals surface area contributed by atoms with Crippen LogP contribution >= 0.6 is 0 Å². The first-order valence-electron chi connectivity index (χ1n) is 6.53. The Hall–Kier alpha value is -1.98. The fourth-order valence-corrected chi connectivity index (χ4v) is 2.29. The number of halogens is 2. The van der Waals surface area contributed by atoms with E-state index in [1.54, 1.807) is 24.3 Å². The fraction of sp³-hybridized carbons (Fsp3) is 0.250. The van der Waals surface area contributed by atoms with Gasteiger partial charge in [-0.25, -0.2) is 8.78 Å². The van der Waals surface area contributed by atoms with Crippen LogP contribution in [-0.2, 0) is 0 Å². The average molecular weight is 293 g/mol. The third kappa shape index (κ3) is 3.56. The van der Waals surface area contributed by atoms with E-state index in [1.807, 2.05) is 0 Å². The second-order valence-corrected chi connectivity index (χ2v) is 4.77. The van der Waals surface area contributed by atoms with Gasteiger partial charge in [0.1, 0.15) is 17.4 Å². The topological polar surface area (TPSA) is 55.5 Å². The smallest absolute Gasteiger partial charge is 0.126 e. The van der Waals surface area contributed by atoms with E-state index in [-0.39, 0.29) is 6.54 Å². The van der Waals surface area contributed by atoms with Crippen LogP contribution in [0, 0.1) is 11.6 Å². The third-order valence-electron chi connectivity index (χ3n) is 3.38. The quantitative estimate of drug-likeness (QED) is 0.891. The van der Waals surface area contributed by atoms with Gasteiger partial charge in [-0.15, -0.1) is 0 Å². The number of methoxy groups -OCH3 is 1. The fourth-order valence-electron chi connectivity index (χ4n) is 2.29. The van der Waals surface area contributed by atoms with Gasteiger partial charge in [0.2, 0.25) is 0 Å². The number of hydrogen-bond acceptors (Lipinski definition) is 3. The van der Waals surface area contributed by atoms with Crippen LogP contribution in [0.5, 0.6) is 5.75 Å². The van der Waals surface area contributed by atoms with E-state index >= 15 is 0 Å². The monoisotopic (exact) mass is 293 g/mol. The summed E-state index contributed by atoms with van der Waals surface area (Å²) in [5.74, 6) is -1.40. The molecule has 21 heavy (non-hydrogen) atoms. The first-order valence-corrected chi connectivity index (χ1v) is 6.53. The highest BCUT2D eigenvalue weighted by atomic mass is 19.1. The molecule has 2 unspecified atom stereocenters. The molecule has 3 nitrogen and oxygen atoms in total. The molecule has 0 bridgehead atoms. The maximum absolute atomic E-state index is 13.3. The van der Waals surface area contributed by atoms with Crippen molar-refractivity contribution in [3.63, 3.8) is 0 Å². The number of hydrogen-bond donors (Lipinski definition) is 2. The number of nitrogens with two attached hydrogens (primary N) is 1. The van der Waals surface area contributed by atoms with Gasteiger partial charge >= 0.3 is 0 Å². The van der Waals surface area contributed by atoms with Crippen molar-refractivity contribution < 1.29 is 18.6 Å². The van der Waals surface area contributed by atoms with Crippen molar-refractivity contribution in [2.45, 2.75) is 12.0 Å². The molecular formula is C16H17F2NO2. The lowest BCUT2D eigenvalue weighted by Gasteiger charge is -2.22. The molecule has 0 aromatic heterocycles. The highest BCUT2D eigenvalue weighted by Crippen LogP contribution is 2.32. The van der Waals surface area contributed by atoms with Crippen LogP contribution in [0.2, 0.25) is 0 Å². The Morgan fingerprint density at radius 1 is 1.10 bits per heavy atom. The van der Waals surface area contributed by atoms with Gasteiger partial charge < -0.3 is 15.6 Å². The molecule has 0 amide bonds. The molecule has 0 radical (unpaired) electrons. The van der Waals surface area contributed by atoms with Gasteiger partial charge in [0.25, 0.3) is 0 Å². The summed E-state index contributed by atoms with van der Waals surface area (Å²) in [6.07, 6.45) is -0.980. The molecular weight excluding hydrogens is 276 g/mol. The predicted molar refractivity (Wildman–Crippen MR) is 76.1 cm³/mol. The van der Waals surface area contributed by atoms with Crippen LogP contribution in [0.25, 0.3) is 0 Å². The van der Waals surface area contributed by atoms with E-state index in [1.165, 1.54) is 19.2 Å². The molecule has 0 aliphatic carbocycles. The SMILES string of the molecule is COc1cccc(C(O)C(CN)c2cc(F)cc(F)c2)c1. The Balaban J connectivity index is 2.35. The zero-order valence-corrected chi connectivity index (χ0v) is 11.6. The van der Waals surface area contributed by atoms with Crippen molar-refractivity contribution in [2.24, 2.45) is 5.73 Å². The Morgan fingerprint density at radius 3 is 2.33 bits per heavy atom. The summed E-state index contributed by atoms with van der Waals surface area (Å²) in [6.45, 7) is 0.0568. The molecule has 0 spiro atoms. The molecule has 2 rings (SSSR count). The minimum atomic E-state index is -0.980. The summed E-state index contributed by atoms with van der Waals surface area (Å²) in [6, 6.07) is 10.0. The number of ether oxygens (including phenoxy) is 1. The van der Waals surface area contributed by atoms with Crippen molar-refractivity contribution in [1.29, 1.82) is 0 Å². The molecule has 2 aromatic rings. The molecule has 112 valence electrons. The summed E-state index contributed by atoms with van der Waals surface area (Å²) in [5, 5.41) is 10.5. The first kappa shape index (κ1) is 15.4. The second kappa shape index (κ2) is 6.65. The first-order chi connectivity index (χ1) is 10.0. The van der Waals surface area contributed by atoms with E-state index < -0.39 is 23.7 Å². The molecule has 2 atom stereocenters. The lowest BCUT2D eigenvalue weighted by Crippen LogP contribution is -2.20. The highest BCUT2D eigenvalue weighted by Gasteiger charge is 2.23. The largest absolute Gasteiger partial charge is 0.497 e. The standard InChI is InChI=1S/C16H17F2NO2/c1-21-14-4-2-3-10(7-14)16(20)15(9-19)11-5-12(17)8-13(18)6-11/h2-8,15-16,20H,9,19H2,1H3. The number of benzene rings is 2. The van der Waals surface area contributed by atoms with Gasteiger partial charge in [0, 0.05) is 18.5 Å². The third-order valence-corrected chi connectivity index (χ3v) is 3.38. The number of aliphatic hydroxyl groups excluding tert-OH is 1. The zero-order valence-electron chi connectivity index (χ0n) is 11.6. The molecule has 5 heteroatoms. The molecule has 0 heterocycles. The Bertz CT molecular complexity index is 599. The van der Waals surface area contributed by atoms with E-state index in [0.717, 1.165) is 6.07 Å². The normalized spacial score (nSPS) is 13.8. The van der Waals surface area contributed by atoms with Gasteiger partial charge in [-0.3, -0.25) is 0 Å². The van der Waals surface area contributed by atoms with Gasteiger partial charge in [0.05, 0.1) is 13.2 Å². The minimum absolute atomic E-state index is 0.0568. The number of rotatable bonds is 5. The Labute approximate surface area is 122 Å². The second-order valence-electron chi connectivity index (χ2n) is 4.77. The van der Waals surface area contributed by atoms with Gasteiger partial charge in [0.15, 0.2) is 0 Å². The minimum Gasteiger partial charge on any atom is -0.497 e. The molecule has 0 saturated carbocycles. The lowest BCUT2D eigenvalue weighted by molar-refractivity contribution is 0.147. The van der Waals surface area contributed by atoms with Crippen LogP contribution in [0.4, 0.5) is 8.78 Å². The van der Waals surface area contributed by atoms with E-state index in [2.05, 4.69) is 0 Å². The van der Waals surface area contributed by atoms with Crippen molar-refractivity contribution in [2.75, 3.05) is 13.7 Å². The number of aliphatic hydroxyl groups is 1. The molecule has 3 N–H and O–H groups in total. The van der Waals surface area contributed by atoms with E-state index in [9.17, 15) is 13.9 Å². The maximum Gasteiger partial charge on any atom is 0.126 e. The van der Waals surface area contributed by atoms with E-state index in [0.29, 0.717) is 16.9 Å². The predicted octanol–water partition coefficient (Wildman–Crippen LogP) is 2.75. The Morgan fingerprint density at radius 2 is 1.76 bits per heavy atom. The van der Waals surface area contributed by atoms with Crippen LogP contribution < -0.4 is 10.5 Å². The van der Waals surface area contributed by atoms with Crippen LogP contribution in [-0.4, -0.2) is 18.8 Å². The highest BCUT2D eigenvalue weighted by molar-refractivity contribution is 5.33. The zero-order chi connectivity index (χ0) is 15.4. The van der Waals surface area contributed by atoms with Crippen LogP contribution in [0.3, 0.4) is 0 Å². The van der Waals surface area contributed by atoms with Crippen molar-refractivity contribution in [1.82, 2.24) is 0 Å². The van der Waals surface area contributed by atoms with Crippen molar-refractivity contribution >= 4 is 0 Å². The average Bonchev–Trinajstić information content (AvgIpc) is 2.47. The van der Waals surface area contributed by atoms with Crippen LogP contribution in [0.15, 0.2) is 42.5 Å². The summed E-state index contributed by atoms with van der Waals surface area (Å²) in [5.41, 5.74) is 6.58. The molecule has 2 aromatic carbocycles. The molecule has 0 saturated heterocycles. The van der Waals surface area contributed by atoms with Gasteiger partial charge in [-0.05, 0) is 35.4 Å². The summed E-state index contributed by atoms with van der Waals surface area (Å²) in [7, 11) is 1.52. The van der Waals surface area contributed by atoms with Crippen molar-refractivity contribution in [3.05, 3.63) is 65.2 Å². The summed E-state index contributed by atoms with van der Waals surface area (Å²) < 4.78 is 31.8. The molecule has 0 aliphatic rings. The Kier molecular flexibility index (Phi) is 4.88. The molecule has 0 fully saturated rings. The van der Waals surface area contributed by atoms with E-state index in [4.69, 9.17) is 10.5 Å². The maximum atomic E-state index is 13.3. The molecule has 0 aliphatic heterocycles. The summed E-state index contributed by atoms with van der Waals surface area (Å²) >= 11 is 0. The van der Waals surface area contributed by atoms with Gasteiger partial charge in [-0.2, -0.15) is 0 Å². The van der Waals surface area contributed by atoms with Gasteiger partial charge in [-0.1, -0.05) is 12.1 Å². The van der Waals surface area contributed by atoms with Crippen molar-refractivity contribution in [3.8, 4) is 5.75 Å².